The van der Waals surface area contributed by atoms with Gasteiger partial charge in [0, 0.05) is 32.6 Å². The van der Waals surface area contributed by atoms with Crippen LogP contribution in [0, 0.1) is 0 Å². The Balaban J connectivity index is 6.12. The topological polar surface area (TPSA) is 113 Å². The van der Waals surface area contributed by atoms with Crippen LogP contribution < -0.4 is 0 Å². The highest BCUT2D eigenvalue weighted by Gasteiger charge is 2.57. The van der Waals surface area contributed by atoms with Crippen LogP contribution in [0.4, 0.5) is 0 Å². The Labute approximate surface area is 500 Å². The summed E-state index contributed by atoms with van der Waals surface area (Å²) < 4.78 is 18.0. The average molecular weight is 1140 g/mol. The number of hydrogen-bond acceptors (Lipinski definition) is 8. The summed E-state index contributed by atoms with van der Waals surface area (Å²) in [5.74, 6) is -2.99. The van der Waals surface area contributed by atoms with E-state index in [-0.39, 0.29) is 25.7 Å². The van der Waals surface area contributed by atoms with Crippen LogP contribution in [0.1, 0.15) is 369 Å². The largest absolute Gasteiger partial charge is 0.462 e. The van der Waals surface area contributed by atoms with Crippen molar-refractivity contribution in [3.8, 4) is 0 Å². The van der Waals surface area contributed by atoms with Gasteiger partial charge >= 0.3 is 17.9 Å². The smallest absolute Gasteiger partial charge is 0.307 e. The number of carbonyl (C=O) groups is 5. The highest BCUT2D eigenvalue weighted by molar-refractivity contribution is 6.12. The summed E-state index contributed by atoms with van der Waals surface area (Å²) in [6.07, 6.45) is 69.1. The summed E-state index contributed by atoms with van der Waals surface area (Å²) in [6.45, 7) is 9.67. The number of carbonyl (C=O) groups excluding carboxylic acids is 5. The molecule has 0 aromatic heterocycles. The molecule has 0 N–H and O–H groups in total. The maximum Gasteiger partial charge on any atom is 0.307 e. The van der Waals surface area contributed by atoms with Crippen molar-refractivity contribution >= 4 is 29.5 Å². The van der Waals surface area contributed by atoms with Crippen molar-refractivity contribution in [3.63, 3.8) is 0 Å². The van der Waals surface area contributed by atoms with Gasteiger partial charge in [0.15, 0.2) is 17.7 Å². The molecule has 0 bridgehead atoms. The Hall–Kier alpha value is -3.29. The highest BCUT2D eigenvalue weighted by Crippen LogP contribution is 2.31. The van der Waals surface area contributed by atoms with Crippen molar-refractivity contribution in [1.29, 1.82) is 0 Å². The number of allylic oxidation sites excluding steroid dienone is 8. The third kappa shape index (κ3) is 49.8. The van der Waals surface area contributed by atoms with E-state index in [2.05, 4.69) is 76.3 Å². The van der Waals surface area contributed by atoms with Crippen molar-refractivity contribution in [1.82, 2.24) is 0 Å². The quantitative estimate of drug-likeness (QED) is 0.0195. The van der Waals surface area contributed by atoms with Crippen LogP contribution in [0.3, 0.4) is 0 Å². The van der Waals surface area contributed by atoms with Gasteiger partial charge in [-0.1, -0.05) is 295 Å². The minimum Gasteiger partial charge on any atom is -0.462 e. The Morgan fingerprint density at radius 3 is 0.901 bits per heavy atom. The van der Waals surface area contributed by atoms with Gasteiger partial charge in [0.1, 0.15) is 6.61 Å². The predicted octanol–water partition coefficient (Wildman–Crippen LogP) is 22.5. The van der Waals surface area contributed by atoms with Gasteiger partial charge in [0.05, 0.1) is 0 Å². The molecular weight excluding hydrogens is 1000 g/mol. The Morgan fingerprint density at radius 2 is 0.580 bits per heavy atom. The van der Waals surface area contributed by atoms with E-state index < -0.39 is 47.8 Å². The molecule has 0 radical (unpaired) electrons. The molecule has 0 spiro atoms. The van der Waals surface area contributed by atoms with E-state index in [1.165, 1.54) is 155 Å². The van der Waals surface area contributed by atoms with Crippen molar-refractivity contribution in [3.05, 3.63) is 48.6 Å². The standard InChI is InChI=1S/C73H130O8/c1-6-10-14-18-22-26-30-34-36-40-43-47-51-55-59-63-69(76)73(68(75)62-58-54-50-46-42-38-32-28-24-20-16-12-8-3,81-72(78)65-61-57-53-49-45-39-33-29-25-21-17-13-9-4)70(66-79-67(5)74)80-71(77)64-60-56-52-48-44-41-37-35-31-27-23-19-15-11-7-2/h22-23,26-27,34-37,70H,6-21,24-25,28-33,38-66H2,1-5H3/b26-22-,27-23-,36-34-,37-35-. The Morgan fingerprint density at radius 1 is 0.321 bits per heavy atom. The zero-order valence-electron chi connectivity index (χ0n) is 53.9. The van der Waals surface area contributed by atoms with Crippen LogP contribution in [0.25, 0.3) is 0 Å². The average Bonchev–Trinajstić information content (AvgIpc) is 3.45. The van der Waals surface area contributed by atoms with Gasteiger partial charge in [-0.25, -0.2) is 0 Å². The minimum atomic E-state index is -2.40. The molecule has 0 saturated heterocycles. The Kier molecular flexibility index (Phi) is 58.8. The first-order chi connectivity index (χ1) is 39.7. The first-order valence-corrected chi connectivity index (χ1v) is 34.9. The predicted molar refractivity (Wildman–Crippen MR) is 345 cm³/mol. The molecule has 0 aromatic rings. The molecular formula is C73H130O8. The normalized spacial score (nSPS) is 13.0. The first kappa shape index (κ1) is 77.7. The van der Waals surface area contributed by atoms with Gasteiger partial charge in [-0.2, -0.15) is 0 Å². The summed E-state index contributed by atoms with van der Waals surface area (Å²) in [4.78, 5) is 70.5. The summed E-state index contributed by atoms with van der Waals surface area (Å²) in [5, 5.41) is 0. The summed E-state index contributed by atoms with van der Waals surface area (Å²) in [6, 6.07) is 0. The number of esters is 3. The first-order valence-electron chi connectivity index (χ1n) is 34.9. The molecule has 81 heavy (non-hydrogen) atoms. The SMILES string of the molecule is CCCCC/C=C\C/C=C\CCCCCCCC(=O)OC(COC(C)=O)C(OC(=O)CCCCCCCCCCCCCCC)(C(=O)CCCCCCC/C=C\C/C=C\CCCCC)C(=O)CCCCCCCCCCCCCCC. The van der Waals surface area contributed by atoms with E-state index in [4.69, 9.17) is 14.2 Å². The molecule has 2 atom stereocenters. The summed E-state index contributed by atoms with van der Waals surface area (Å²) in [5.41, 5.74) is -2.40. The van der Waals surface area contributed by atoms with E-state index in [1.807, 2.05) is 0 Å². The second-order valence-electron chi connectivity index (χ2n) is 23.8. The van der Waals surface area contributed by atoms with Gasteiger partial charge < -0.3 is 14.2 Å². The lowest BCUT2D eigenvalue weighted by Gasteiger charge is -2.37. The van der Waals surface area contributed by atoms with Crippen LogP contribution in [0.15, 0.2) is 48.6 Å². The lowest BCUT2D eigenvalue weighted by atomic mass is 9.82. The molecule has 2 unspecified atom stereocenters. The molecule has 0 saturated carbocycles. The molecule has 8 nitrogen and oxygen atoms in total. The monoisotopic (exact) mass is 1130 g/mol. The fourth-order valence-corrected chi connectivity index (χ4v) is 10.7. The number of ketones is 2. The second kappa shape index (κ2) is 61.3. The molecule has 470 valence electrons. The van der Waals surface area contributed by atoms with Crippen LogP contribution in [0.2, 0.25) is 0 Å². The molecule has 0 rings (SSSR count). The zero-order chi connectivity index (χ0) is 59.2. The van der Waals surface area contributed by atoms with E-state index in [0.29, 0.717) is 25.7 Å². The van der Waals surface area contributed by atoms with Crippen molar-refractivity contribution in [2.24, 2.45) is 0 Å². The van der Waals surface area contributed by atoms with Gasteiger partial charge in [0.25, 0.3) is 5.60 Å². The molecule has 8 heteroatoms. The third-order valence-corrected chi connectivity index (χ3v) is 15.9. The number of hydrogen-bond donors (Lipinski definition) is 0. The molecule has 0 aliphatic heterocycles. The van der Waals surface area contributed by atoms with Gasteiger partial charge in [0.2, 0.25) is 0 Å². The maximum absolute atomic E-state index is 15.0. The van der Waals surface area contributed by atoms with E-state index in [1.54, 1.807) is 0 Å². The lowest BCUT2D eigenvalue weighted by molar-refractivity contribution is -0.199. The maximum atomic E-state index is 15.0. The van der Waals surface area contributed by atoms with Crippen LogP contribution in [-0.4, -0.2) is 47.8 Å². The van der Waals surface area contributed by atoms with Crippen LogP contribution in [0.5, 0.6) is 0 Å². The van der Waals surface area contributed by atoms with Gasteiger partial charge in [-0.15, -0.1) is 0 Å². The van der Waals surface area contributed by atoms with E-state index >= 15 is 9.59 Å². The van der Waals surface area contributed by atoms with E-state index in [0.717, 1.165) is 135 Å². The number of Topliss-reactive ketones (excluding diaryl/α,β-unsaturated/α-hetero) is 2. The summed E-state index contributed by atoms with van der Waals surface area (Å²) >= 11 is 0. The Bertz CT molecular complexity index is 1580. The van der Waals surface area contributed by atoms with Crippen molar-refractivity contribution < 1.29 is 38.2 Å². The highest BCUT2D eigenvalue weighted by atomic mass is 16.6. The number of rotatable bonds is 63. The lowest BCUT2D eigenvalue weighted by Crippen LogP contribution is -2.61. The number of ether oxygens (including phenoxy) is 3. The second-order valence-corrected chi connectivity index (χ2v) is 23.8. The van der Waals surface area contributed by atoms with Crippen molar-refractivity contribution in [2.75, 3.05) is 6.61 Å². The van der Waals surface area contributed by atoms with E-state index in [9.17, 15) is 14.4 Å². The number of unbranched alkanes of at least 4 members (excludes halogenated alkanes) is 40. The van der Waals surface area contributed by atoms with Gasteiger partial charge in [-0.3, -0.25) is 24.0 Å². The fraction of sp³-hybridized carbons (Fsp3) is 0.822. The molecule has 0 amide bonds. The third-order valence-electron chi connectivity index (χ3n) is 15.9. The van der Waals surface area contributed by atoms with Crippen LogP contribution in [-0.2, 0) is 38.2 Å². The van der Waals surface area contributed by atoms with Gasteiger partial charge in [-0.05, 0) is 89.9 Å². The van der Waals surface area contributed by atoms with Crippen LogP contribution >= 0.6 is 0 Å². The molecule has 0 aliphatic rings. The minimum absolute atomic E-state index is 0.00323. The van der Waals surface area contributed by atoms with Crippen molar-refractivity contribution in [2.45, 2.75) is 380 Å². The zero-order valence-corrected chi connectivity index (χ0v) is 53.9. The molecule has 0 heterocycles. The summed E-state index contributed by atoms with van der Waals surface area (Å²) in [7, 11) is 0. The fourth-order valence-electron chi connectivity index (χ4n) is 10.7. The molecule has 0 aromatic carbocycles. The molecule has 0 aliphatic carbocycles. The molecule has 0 fully saturated rings.